The van der Waals surface area contributed by atoms with Crippen molar-refractivity contribution in [3.05, 3.63) is 36.4 Å². The zero-order valence-corrected chi connectivity index (χ0v) is 7.41. The van der Waals surface area contributed by atoms with Crippen LogP contribution in [0.4, 0.5) is 17.6 Å². The predicted molar refractivity (Wildman–Crippen MR) is 45.0 cm³/mol. The lowest BCUT2D eigenvalue weighted by Gasteiger charge is -2.07. The number of hydrogen-bond donors (Lipinski definition) is 1. The molecule has 0 radical (unpaired) electrons. The molecular weight excluding hydrogens is 216 g/mol. The van der Waals surface area contributed by atoms with E-state index in [0.29, 0.717) is 0 Å². The third-order valence-corrected chi connectivity index (χ3v) is 1.23. The van der Waals surface area contributed by atoms with Crippen LogP contribution in [0.25, 0.3) is 0 Å². The van der Waals surface area contributed by atoms with E-state index < -0.39 is 18.3 Å². The van der Waals surface area contributed by atoms with E-state index >= 15 is 0 Å². The highest BCUT2D eigenvalue weighted by molar-refractivity contribution is 5.75. The van der Waals surface area contributed by atoms with Gasteiger partial charge in [0.05, 0.1) is 0 Å². The van der Waals surface area contributed by atoms with Crippen LogP contribution < -0.4 is 0 Å². The van der Waals surface area contributed by atoms with Gasteiger partial charge in [-0.15, -0.1) is 0 Å². The Morgan fingerprint density at radius 2 is 1.27 bits per heavy atom. The maximum atomic E-state index is 11.3. The third-order valence-electron chi connectivity index (χ3n) is 1.23. The van der Waals surface area contributed by atoms with Crippen molar-refractivity contribution < 1.29 is 27.5 Å². The summed E-state index contributed by atoms with van der Waals surface area (Å²) >= 11 is 0. The molecule has 0 atom stereocenters. The van der Waals surface area contributed by atoms with Crippen LogP contribution in [0.5, 0.6) is 0 Å². The monoisotopic (exact) mass is 224 g/mol. The number of alkyl halides is 4. The van der Waals surface area contributed by atoms with Crippen LogP contribution in [-0.4, -0.2) is 23.4 Å². The quantitative estimate of drug-likeness (QED) is 0.784. The second-order valence-corrected chi connectivity index (χ2v) is 2.38. The zero-order chi connectivity index (χ0) is 11.9. The first-order valence-corrected chi connectivity index (χ1v) is 3.78. The van der Waals surface area contributed by atoms with Crippen LogP contribution in [-0.2, 0) is 4.79 Å². The number of carboxylic acid groups (broad SMARTS) is 1. The maximum absolute atomic E-state index is 11.3. The standard InChI is InChI=1S/C6H6.C3H2F4O2/c1-2-4-6-5-3-1;4-1(5)3(6,7)2(8)9/h1-6H;1H,(H,8,9). The lowest BCUT2D eigenvalue weighted by atomic mass is 10.4. The van der Waals surface area contributed by atoms with Crippen LogP contribution in [0.3, 0.4) is 0 Å². The summed E-state index contributed by atoms with van der Waals surface area (Å²) in [5.74, 6) is -7.72. The van der Waals surface area contributed by atoms with Gasteiger partial charge in [-0.05, 0) is 0 Å². The molecule has 0 bridgehead atoms. The second kappa shape index (κ2) is 6.00. The Kier molecular flexibility index (Phi) is 5.36. The van der Waals surface area contributed by atoms with Gasteiger partial charge in [-0.2, -0.15) is 8.78 Å². The molecule has 0 spiro atoms. The minimum Gasteiger partial charge on any atom is -0.477 e. The first kappa shape index (κ1) is 13.4. The molecule has 1 aromatic rings. The van der Waals surface area contributed by atoms with E-state index in [0.717, 1.165) is 0 Å². The summed E-state index contributed by atoms with van der Waals surface area (Å²) in [6, 6.07) is 12.0. The highest BCUT2D eigenvalue weighted by atomic mass is 19.3. The number of benzene rings is 1. The normalized spacial score (nSPS) is 10.5. The van der Waals surface area contributed by atoms with Gasteiger partial charge in [0, 0.05) is 0 Å². The molecular formula is C9H8F4O2. The molecule has 0 unspecified atom stereocenters. The number of carboxylic acids is 1. The second-order valence-electron chi connectivity index (χ2n) is 2.38. The van der Waals surface area contributed by atoms with Crippen molar-refractivity contribution in [3.8, 4) is 0 Å². The Morgan fingerprint density at radius 1 is 1.00 bits per heavy atom. The van der Waals surface area contributed by atoms with Gasteiger partial charge in [0.1, 0.15) is 0 Å². The summed E-state index contributed by atoms with van der Waals surface area (Å²) < 4.78 is 44.5. The molecule has 0 aliphatic carbocycles. The van der Waals surface area contributed by atoms with Crippen molar-refractivity contribution in [2.75, 3.05) is 0 Å². The van der Waals surface area contributed by atoms with Crippen LogP contribution in [0.1, 0.15) is 0 Å². The molecule has 0 saturated carbocycles. The Morgan fingerprint density at radius 3 is 1.33 bits per heavy atom. The molecule has 6 heteroatoms. The molecule has 2 nitrogen and oxygen atoms in total. The summed E-state index contributed by atoms with van der Waals surface area (Å²) in [6.45, 7) is 0. The topological polar surface area (TPSA) is 37.3 Å². The number of rotatable bonds is 2. The molecule has 0 fully saturated rings. The zero-order valence-electron chi connectivity index (χ0n) is 7.41. The number of hydrogen-bond acceptors (Lipinski definition) is 1. The van der Waals surface area contributed by atoms with Gasteiger partial charge in [-0.25, -0.2) is 13.6 Å². The van der Waals surface area contributed by atoms with Crippen LogP contribution >= 0.6 is 0 Å². The predicted octanol–water partition coefficient (Wildman–Crippen LogP) is 2.66. The summed E-state index contributed by atoms with van der Waals surface area (Å²) in [4.78, 5) is 9.23. The fourth-order valence-corrected chi connectivity index (χ4v) is 0.478. The van der Waals surface area contributed by atoms with Gasteiger partial charge < -0.3 is 5.11 Å². The summed E-state index contributed by atoms with van der Waals surface area (Å²) in [5, 5.41) is 7.38. The fraction of sp³-hybridized carbons (Fsp3) is 0.222. The lowest BCUT2D eigenvalue weighted by molar-refractivity contribution is -0.187. The van der Waals surface area contributed by atoms with Crippen LogP contribution in [0, 0.1) is 0 Å². The minimum atomic E-state index is -4.92. The van der Waals surface area contributed by atoms with E-state index in [1.165, 1.54) is 0 Å². The van der Waals surface area contributed by atoms with Crippen molar-refractivity contribution in [1.29, 1.82) is 0 Å². The van der Waals surface area contributed by atoms with Gasteiger partial charge in [0.2, 0.25) is 0 Å². The summed E-state index contributed by atoms with van der Waals surface area (Å²) in [5.41, 5.74) is 0. The van der Waals surface area contributed by atoms with Gasteiger partial charge >= 0.3 is 18.3 Å². The molecule has 0 amide bonds. The molecule has 1 N–H and O–H groups in total. The summed E-state index contributed by atoms with van der Waals surface area (Å²) in [7, 11) is 0. The van der Waals surface area contributed by atoms with Gasteiger partial charge in [-0.1, -0.05) is 36.4 Å². The summed E-state index contributed by atoms with van der Waals surface area (Å²) in [6.07, 6.45) is -4.14. The SMILES string of the molecule is O=C(O)C(F)(F)C(F)F.c1ccccc1. The molecule has 1 rings (SSSR count). The van der Waals surface area contributed by atoms with E-state index in [1.807, 2.05) is 36.4 Å². The molecule has 1 aromatic carbocycles. The number of halogens is 4. The van der Waals surface area contributed by atoms with Gasteiger partial charge in [0.15, 0.2) is 0 Å². The fourth-order valence-electron chi connectivity index (χ4n) is 0.478. The van der Waals surface area contributed by atoms with Crippen molar-refractivity contribution in [2.45, 2.75) is 12.3 Å². The molecule has 0 aliphatic rings. The molecule has 0 aliphatic heterocycles. The molecule has 15 heavy (non-hydrogen) atoms. The molecule has 84 valence electrons. The molecule has 0 saturated heterocycles. The van der Waals surface area contributed by atoms with E-state index in [9.17, 15) is 22.4 Å². The lowest BCUT2D eigenvalue weighted by Crippen LogP contribution is -2.35. The average molecular weight is 224 g/mol. The van der Waals surface area contributed by atoms with E-state index in [2.05, 4.69) is 0 Å². The molecule has 0 heterocycles. The number of carbonyl (C=O) groups is 1. The van der Waals surface area contributed by atoms with Crippen molar-refractivity contribution in [2.24, 2.45) is 0 Å². The third kappa shape index (κ3) is 4.99. The van der Waals surface area contributed by atoms with Crippen molar-refractivity contribution >= 4 is 5.97 Å². The number of aliphatic carboxylic acids is 1. The average Bonchev–Trinajstić information content (AvgIpc) is 2.21. The minimum absolute atomic E-state index is 2.00. The Hall–Kier alpha value is -1.59. The smallest absolute Gasteiger partial charge is 0.401 e. The Bertz CT molecular complexity index is 261. The maximum Gasteiger partial charge on any atom is 0.401 e. The Balaban J connectivity index is 0.000000280. The highest BCUT2D eigenvalue weighted by Crippen LogP contribution is 2.22. The Labute approximate surface area is 83.1 Å². The first-order valence-electron chi connectivity index (χ1n) is 3.78. The van der Waals surface area contributed by atoms with E-state index in [1.54, 1.807) is 0 Å². The van der Waals surface area contributed by atoms with E-state index in [4.69, 9.17) is 5.11 Å². The van der Waals surface area contributed by atoms with Gasteiger partial charge in [-0.3, -0.25) is 0 Å². The highest BCUT2D eigenvalue weighted by Gasteiger charge is 2.49. The molecule has 0 aromatic heterocycles. The van der Waals surface area contributed by atoms with Crippen molar-refractivity contribution in [3.63, 3.8) is 0 Å². The van der Waals surface area contributed by atoms with Crippen molar-refractivity contribution in [1.82, 2.24) is 0 Å². The first-order chi connectivity index (χ1) is 6.89. The van der Waals surface area contributed by atoms with Crippen LogP contribution in [0.2, 0.25) is 0 Å². The van der Waals surface area contributed by atoms with E-state index in [-0.39, 0.29) is 0 Å². The van der Waals surface area contributed by atoms with Gasteiger partial charge in [0.25, 0.3) is 0 Å². The largest absolute Gasteiger partial charge is 0.477 e. The van der Waals surface area contributed by atoms with Crippen LogP contribution in [0.15, 0.2) is 36.4 Å².